The number of carbonyl (C=O) groups excluding carboxylic acids is 1. The van der Waals surface area contributed by atoms with Gasteiger partial charge in [0.1, 0.15) is 18.4 Å². The van der Waals surface area contributed by atoms with Crippen molar-refractivity contribution in [2.45, 2.75) is 12.6 Å². The Morgan fingerprint density at radius 2 is 2.53 bits per heavy atom. The second kappa shape index (κ2) is 4.51. The molecule has 1 aromatic rings. The van der Waals surface area contributed by atoms with E-state index in [9.17, 15) is 14.9 Å². The molecule has 1 heterocycles. The smallest absolute Gasteiger partial charge is 0.324 e. The molecule has 2 N–H and O–H groups in total. The fourth-order valence-corrected chi connectivity index (χ4v) is 0.974. The molecule has 0 amide bonds. The molecule has 82 valence electrons. The van der Waals surface area contributed by atoms with Crippen LogP contribution >= 0.6 is 0 Å². The lowest BCUT2D eigenvalue weighted by Gasteiger charge is -2.07. The number of hydrogen-bond acceptors (Lipinski definition) is 6. The minimum absolute atomic E-state index is 0.0422. The van der Waals surface area contributed by atoms with Crippen molar-refractivity contribution in [1.29, 1.82) is 0 Å². The van der Waals surface area contributed by atoms with Gasteiger partial charge in [-0.1, -0.05) is 0 Å². The summed E-state index contributed by atoms with van der Waals surface area (Å²) in [6.45, 7) is 0.0422. The number of nitro groups is 1. The maximum absolute atomic E-state index is 10.9. The van der Waals surface area contributed by atoms with E-state index in [1.54, 1.807) is 0 Å². The number of methoxy groups -OCH3 is 1. The molecule has 0 spiro atoms. The maximum Gasteiger partial charge on any atom is 0.324 e. The first-order chi connectivity index (χ1) is 7.04. The van der Waals surface area contributed by atoms with Gasteiger partial charge in [-0.05, 0) is 0 Å². The average molecular weight is 214 g/mol. The van der Waals surface area contributed by atoms with Crippen LogP contribution in [0, 0.1) is 10.1 Å². The van der Waals surface area contributed by atoms with Gasteiger partial charge < -0.3 is 10.5 Å². The van der Waals surface area contributed by atoms with E-state index in [-0.39, 0.29) is 12.2 Å². The van der Waals surface area contributed by atoms with Crippen LogP contribution in [0.2, 0.25) is 0 Å². The molecule has 1 rings (SSSR count). The van der Waals surface area contributed by atoms with Gasteiger partial charge in [-0.3, -0.25) is 19.6 Å². The lowest BCUT2D eigenvalue weighted by Crippen LogP contribution is -2.35. The van der Waals surface area contributed by atoms with Crippen molar-refractivity contribution in [3.8, 4) is 0 Å². The van der Waals surface area contributed by atoms with Crippen molar-refractivity contribution in [1.82, 2.24) is 9.78 Å². The first-order valence-corrected chi connectivity index (χ1v) is 4.05. The van der Waals surface area contributed by atoms with E-state index >= 15 is 0 Å². The summed E-state index contributed by atoms with van der Waals surface area (Å²) >= 11 is 0. The van der Waals surface area contributed by atoms with Gasteiger partial charge in [-0.15, -0.1) is 0 Å². The molecule has 0 aromatic carbocycles. The van der Waals surface area contributed by atoms with Gasteiger partial charge in [0.05, 0.1) is 18.6 Å². The van der Waals surface area contributed by atoms with Crippen LogP contribution in [-0.4, -0.2) is 33.8 Å². The Morgan fingerprint density at radius 3 is 3.00 bits per heavy atom. The molecule has 1 atom stereocenters. The Kier molecular flexibility index (Phi) is 3.34. The Bertz CT molecular complexity index is 375. The van der Waals surface area contributed by atoms with Crippen molar-refractivity contribution < 1.29 is 14.5 Å². The van der Waals surface area contributed by atoms with E-state index in [0.29, 0.717) is 0 Å². The fraction of sp³-hybridized carbons (Fsp3) is 0.429. The zero-order chi connectivity index (χ0) is 11.4. The summed E-state index contributed by atoms with van der Waals surface area (Å²) in [5.41, 5.74) is 5.29. The number of hydrogen-bond donors (Lipinski definition) is 1. The summed E-state index contributed by atoms with van der Waals surface area (Å²) in [4.78, 5) is 20.7. The second-order valence-corrected chi connectivity index (χ2v) is 2.81. The lowest BCUT2D eigenvalue weighted by molar-refractivity contribution is -0.385. The average Bonchev–Trinajstić information content (AvgIpc) is 2.65. The largest absolute Gasteiger partial charge is 0.468 e. The molecule has 0 aliphatic rings. The molecular formula is C7H10N4O4. The van der Waals surface area contributed by atoms with Gasteiger partial charge in [0.15, 0.2) is 0 Å². The maximum atomic E-state index is 10.9. The van der Waals surface area contributed by atoms with Crippen LogP contribution in [0.25, 0.3) is 0 Å². The second-order valence-electron chi connectivity index (χ2n) is 2.81. The van der Waals surface area contributed by atoms with Crippen LogP contribution in [0.3, 0.4) is 0 Å². The van der Waals surface area contributed by atoms with E-state index in [1.807, 2.05) is 0 Å². The molecule has 0 saturated heterocycles. The monoisotopic (exact) mass is 214 g/mol. The van der Waals surface area contributed by atoms with Gasteiger partial charge in [0.2, 0.25) is 0 Å². The molecule has 1 unspecified atom stereocenters. The SMILES string of the molecule is COC(=O)C(N)Cn1cc([N+](=O)[O-])cn1. The summed E-state index contributed by atoms with van der Waals surface area (Å²) in [7, 11) is 1.22. The molecule has 0 radical (unpaired) electrons. The fourth-order valence-electron chi connectivity index (χ4n) is 0.974. The third kappa shape index (κ3) is 2.74. The molecule has 8 heteroatoms. The van der Waals surface area contributed by atoms with Gasteiger partial charge in [0, 0.05) is 0 Å². The van der Waals surface area contributed by atoms with Crippen LogP contribution in [0.15, 0.2) is 12.4 Å². The molecule has 15 heavy (non-hydrogen) atoms. The van der Waals surface area contributed by atoms with Crippen molar-refractivity contribution in [3.63, 3.8) is 0 Å². The zero-order valence-electron chi connectivity index (χ0n) is 7.99. The van der Waals surface area contributed by atoms with Gasteiger partial charge in [-0.25, -0.2) is 0 Å². The zero-order valence-corrected chi connectivity index (χ0v) is 7.99. The third-order valence-corrected chi connectivity index (χ3v) is 1.72. The number of aromatic nitrogens is 2. The standard InChI is InChI=1S/C7H10N4O4/c1-15-7(12)6(8)4-10-3-5(2-9-10)11(13)14/h2-3,6H,4,8H2,1H3. The van der Waals surface area contributed by atoms with Crippen molar-refractivity contribution >= 4 is 11.7 Å². The van der Waals surface area contributed by atoms with Crippen LogP contribution in [0.4, 0.5) is 5.69 Å². The predicted octanol–water partition coefficient (Wildman–Crippen LogP) is -0.708. The van der Waals surface area contributed by atoms with Gasteiger partial charge in [-0.2, -0.15) is 5.10 Å². The number of ether oxygens (including phenoxy) is 1. The molecular weight excluding hydrogens is 204 g/mol. The first kappa shape index (κ1) is 11.1. The molecule has 1 aromatic heterocycles. The number of carbonyl (C=O) groups is 1. The molecule has 0 aliphatic carbocycles. The summed E-state index contributed by atoms with van der Waals surface area (Å²) in [5.74, 6) is -0.590. The van der Waals surface area contributed by atoms with E-state index in [4.69, 9.17) is 5.73 Å². The van der Waals surface area contributed by atoms with Crippen molar-refractivity contribution in [2.24, 2.45) is 5.73 Å². The molecule has 8 nitrogen and oxygen atoms in total. The summed E-state index contributed by atoms with van der Waals surface area (Å²) < 4.78 is 5.62. The Hall–Kier alpha value is -1.96. The van der Waals surface area contributed by atoms with E-state index in [1.165, 1.54) is 18.0 Å². The van der Waals surface area contributed by atoms with E-state index in [2.05, 4.69) is 9.84 Å². The highest BCUT2D eigenvalue weighted by molar-refractivity contribution is 5.75. The minimum atomic E-state index is -0.880. The molecule has 0 saturated carbocycles. The number of nitrogens with zero attached hydrogens (tertiary/aromatic N) is 3. The topological polar surface area (TPSA) is 113 Å². The van der Waals surface area contributed by atoms with Gasteiger partial charge >= 0.3 is 11.7 Å². The summed E-state index contributed by atoms with van der Waals surface area (Å²) in [6, 6.07) is -0.880. The van der Waals surface area contributed by atoms with Crippen LogP contribution in [-0.2, 0) is 16.1 Å². The van der Waals surface area contributed by atoms with E-state index in [0.717, 1.165) is 6.20 Å². The van der Waals surface area contributed by atoms with Crippen molar-refractivity contribution in [3.05, 3.63) is 22.5 Å². The normalized spacial score (nSPS) is 12.1. The highest BCUT2D eigenvalue weighted by atomic mass is 16.6. The molecule has 0 bridgehead atoms. The first-order valence-electron chi connectivity index (χ1n) is 4.05. The Labute approximate surface area is 84.8 Å². The number of nitrogens with two attached hydrogens (primary N) is 1. The number of esters is 1. The number of rotatable bonds is 4. The summed E-state index contributed by atoms with van der Waals surface area (Å²) in [5, 5.41) is 14.0. The lowest BCUT2D eigenvalue weighted by atomic mass is 10.3. The Balaban J connectivity index is 2.65. The highest BCUT2D eigenvalue weighted by Crippen LogP contribution is 2.07. The highest BCUT2D eigenvalue weighted by Gasteiger charge is 2.16. The quantitative estimate of drug-likeness (QED) is 0.402. The van der Waals surface area contributed by atoms with Crippen LogP contribution < -0.4 is 5.73 Å². The Morgan fingerprint density at radius 1 is 1.87 bits per heavy atom. The third-order valence-electron chi connectivity index (χ3n) is 1.72. The van der Waals surface area contributed by atoms with E-state index < -0.39 is 16.9 Å². The van der Waals surface area contributed by atoms with Crippen molar-refractivity contribution in [2.75, 3.05) is 7.11 Å². The van der Waals surface area contributed by atoms with Crippen LogP contribution in [0.5, 0.6) is 0 Å². The summed E-state index contributed by atoms with van der Waals surface area (Å²) in [6.07, 6.45) is 2.28. The molecule has 0 aliphatic heterocycles. The van der Waals surface area contributed by atoms with Crippen LogP contribution in [0.1, 0.15) is 0 Å². The van der Waals surface area contributed by atoms with Gasteiger partial charge in [0.25, 0.3) is 0 Å². The minimum Gasteiger partial charge on any atom is -0.468 e. The molecule has 0 fully saturated rings. The predicted molar refractivity (Wildman–Crippen MR) is 48.9 cm³/mol.